The largest absolute Gasteiger partial charge is 1.00 e. The molecule has 3 aromatic rings. The van der Waals surface area contributed by atoms with Crippen LogP contribution in [-0.2, 0) is 6.54 Å². The van der Waals surface area contributed by atoms with E-state index in [4.69, 9.17) is 4.74 Å². The summed E-state index contributed by atoms with van der Waals surface area (Å²) >= 11 is 0. The number of quaternary nitrogens is 1. The zero-order chi connectivity index (χ0) is 21.4. The van der Waals surface area contributed by atoms with E-state index in [9.17, 15) is 5.11 Å². The number of aliphatic hydroxyl groups excluding tert-OH is 1. The number of aliphatic hydroxyl groups is 1. The van der Waals surface area contributed by atoms with Crippen LogP contribution >= 0.6 is 0 Å². The van der Waals surface area contributed by atoms with Gasteiger partial charge in [-0.3, -0.25) is 4.98 Å². The smallest absolute Gasteiger partial charge is 0.131 e. The van der Waals surface area contributed by atoms with E-state index in [2.05, 4.69) is 35.8 Å². The van der Waals surface area contributed by atoms with E-state index in [1.54, 1.807) is 7.11 Å². The van der Waals surface area contributed by atoms with Gasteiger partial charge in [0.25, 0.3) is 0 Å². The van der Waals surface area contributed by atoms with E-state index >= 15 is 0 Å². The first-order valence-electron chi connectivity index (χ1n) is 11.3. The summed E-state index contributed by atoms with van der Waals surface area (Å²) in [6, 6.07) is 18.6. The maximum Gasteiger partial charge on any atom is 0.131 e. The standard InChI is InChI=1S/C27H31N2O2.BrH/c1-3-19-17-29(18-21-8-4-7-11-26(21)31-2)15-13-20(19)16-25(29)27(30)23-12-14-28-24-10-6-5-9-22(23)24;/h3-12,14,19-20,25,27,30H,1,13,15-18H2,2H3;1H/q+1;/p-1/t19?,20?,25?,27-,29?;/m1./s1. The maximum absolute atomic E-state index is 11.8. The zero-order valence-corrected chi connectivity index (χ0v) is 20.1. The van der Waals surface area contributed by atoms with Crippen molar-refractivity contribution in [3.8, 4) is 5.75 Å². The number of hydrogen-bond acceptors (Lipinski definition) is 3. The van der Waals surface area contributed by atoms with Crippen molar-refractivity contribution >= 4 is 10.9 Å². The lowest BCUT2D eigenvalue weighted by molar-refractivity contribution is -0.984. The number of benzene rings is 2. The van der Waals surface area contributed by atoms with Gasteiger partial charge in [0.2, 0.25) is 0 Å². The first-order valence-corrected chi connectivity index (χ1v) is 11.3. The molecule has 6 rings (SSSR count). The molecule has 3 fully saturated rings. The topological polar surface area (TPSA) is 42.4 Å². The Hall–Kier alpha value is -2.21. The average Bonchev–Trinajstić information content (AvgIpc) is 2.83. The van der Waals surface area contributed by atoms with Crippen LogP contribution in [-0.4, -0.2) is 40.8 Å². The highest BCUT2D eigenvalue weighted by molar-refractivity contribution is 5.82. The third-order valence-electron chi connectivity index (χ3n) is 7.72. The summed E-state index contributed by atoms with van der Waals surface area (Å²) in [4.78, 5) is 4.50. The van der Waals surface area contributed by atoms with Gasteiger partial charge >= 0.3 is 0 Å². The summed E-state index contributed by atoms with van der Waals surface area (Å²) in [5, 5.41) is 12.8. The van der Waals surface area contributed by atoms with Crippen molar-refractivity contribution in [2.45, 2.75) is 31.5 Å². The molecule has 0 aliphatic carbocycles. The summed E-state index contributed by atoms with van der Waals surface area (Å²) in [6.45, 7) is 7.11. The number of rotatable bonds is 6. The minimum absolute atomic E-state index is 0. The van der Waals surface area contributed by atoms with Crippen molar-refractivity contribution in [3.63, 3.8) is 0 Å². The highest BCUT2D eigenvalue weighted by atomic mass is 79.9. The van der Waals surface area contributed by atoms with Gasteiger partial charge in [-0.2, -0.15) is 0 Å². The molecule has 0 saturated carbocycles. The van der Waals surface area contributed by atoms with Crippen LogP contribution < -0.4 is 21.7 Å². The van der Waals surface area contributed by atoms with Gasteiger partial charge in [-0.05, 0) is 35.7 Å². The highest BCUT2D eigenvalue weighted by Crippen LogP contribution is 2.48. The number of aromatic nitrogens is 1. The Bertz CT molecular complexity index is 1100. The molecule has 5 heteroatoms. The van der Waals surface area contributed by atoms with Gasteiger partial charge < -0.3 is 31.3 Å². The van der Waals surface area contributed by atoms with Gasteiger partial charge in [-0.1, -0.05) is 36.4 Å². The van der Waals surface area contributed by atoms with Crippen molar-refractivity contribution in [1.29, 1.82) is 0 Å². The molecule has 1 aromatic heterocycles. The van der Waals surface area contributed by atoms with Gasteiger partial charge in [-0.15, -0.1) is 6.58 Å². The van der Waals surface area contributed by atoms with Crippen molar-refractivity contribution in [2.75, 3.05) is 20.2 Å². The monoisotopic (exact) mass is 494 g/mol. The first-order chi connectivity index (χ1) is 15.1. The quantitative estimate of drug-likeness (QED) is 0.420. The number of pyridine rings is 1. The average molecular weight is 495 g/mol. The Kier molecular flexibility index (Phi) is 6.70. The molecule has 0 amide bonds. The molecule has 3 aliphatic rings. The van der Waals surface area contributed by atoms with Gasteiger partial charge in [0.1, 0.15) is 24.4 Å². The number of hydrogen-bond donors (Lipinski definition) is 1. The second-order valence-electron chi connectivity index (χ2n) is 9.21. The number of para-hydroxylation sites is 2. The Morgan fingerprint density at radius 3 is 2.78 bits per heavy atom. The molecule has 3 aliphatic heterocycles. The molecule has 2 aromatic carbocycles. The molecule has 32 heavy (non-hydrogen) atoms. The molecule has 1 N–H and O–H groups in total. The molecule has 4 unspecified atom stereocenters. The van der Waals surface area contributed by atoms with E-state index < -0.39 is 6.10 Å². The molecular weight excluding hydrogens is 464 g/mol. The van der Waals surface area contributed by atoms with E-state index in [1.165, 1.54) is 12.0 Å². The molecule has 168 valence electrons. The Morgan fingerprint density at radius 1 is 1.19 bits per heavy atom. The van der Waals surface area contributed by atoms with E-state index in [-0.39, 0.29) is 23.0 Å². The van der Waals surface area contributed by atoms with Gasteiger partial charge in [0.15, 0.2) is 0 Å². The van der Waals surface area contributed by atoms with E-state index in [0.717, 1.165) is 52.8 Å². The van der Waals surface area contributed by atoms with Gasteiger partial charge in [0, 0.05) is 35.9 Å². The fraction of sp³-hybridized carbons (Fsp3) is 0.370. The number of nitrogens with zero attached hydrogens (tertiary/aromatic N) is 2. The van der Waals surface area contributed by atoms with Gasteiger partial charge in [-0.25, -0.2) is 0 Å². The third-order valence-corrected chi connectivity index (χ3v) is 7.72. The number of ether oxygens (including phenoxy) is 1. The molecule has 3 saturated heterocycles. The fourth-order valence-electron chi connectivity index (χ4n) is 6.14. The molecular formula is C27H31BrN2O2. The van der Waals surface area contributed by atoms with E-state index in [1.807, 2.05) is 42.6 Å². The molecule has 0 radical (unpaired) electrons. The number of halogens is 1. The number of piperidine rings is 3. The van der Waals surface area contributed by atoms with Crippen LogP contribution in [0.3, 0.4) is 0 Å². The number of methoxy groups -OCH3 is 1. The van der Waals surface area contributed by atoms with E-state index in [0.29, 0.717) is 11.8 Å². The Morgan fingerprint density at radius 2 is 1.97 bits per heavy atom. The summed E-state index contributed by atoms with van der Waals surface area (Å²) in [5.74, 6) is 2.03. The van der Waals surface area contributed by atoms with Crippen LogP contribution in [0.5, 0.6) is 5.75 Å². The lowest BCUT2D eigenvalue weighted by atomic mass is 9.71. The zero-order valence-electron chi connectivity index (χ0n) is 18.5. The SMILES string of the molecule is C=CC1C[N+]2(Cc3ccccc3OC)CCC1CC2[C@H](O)c1ccnc2ccccc12.[Br-]. The lowest BCUT2D eigenvalue weighted by Crippen LogP contribution is -3.00. The molecule has 0 spiro atoms. The van der Waals surface area contributed by atoms with Crippen LogP contribution in [0.25, 0.3) is 10.9 Å². The molecule has 5 atom stereocenters. The van der Waals surface area contributed by atoms with Crippen molar-refractivity contribution in [2.24, 2.45) is 11.8 Å². The van der Waals surface area contributed by atoms with Crippen molar-refractivity contribution < 1.29 is 31.3 Å². The minimum Gasteiger partial charge on any atom is -1.00 e. The Balaban J connectivity index is 0.00000245. The minimum atomic E-state index is -0.531. The predicted molar refractivity (Wildman–Crippen MR) is 124 cm³/mol. The van der Waals surface area contributed by atoms with Crippen LogP contribution in [0.2, 0.25) is 0 Å². The van der Waals surface area contributed by atoms with Crippen molar-refractivity contribution in [1.82, 2.24) is 4.98 Å². The summed E-state index contributed by atoms with van der Waals surface area (Å²) in [5.41, 5.74) is 3.15. The summed E-state index contributed by atoms with van der Waals surface area (Å²) in [6.07, 6.45) is 5.64. The van der Waals surface area contributed by atoms with Crippen LogP contribution in [0.4, 0.5) is 0 Å². The molecule has 4 nitrogen and oxygen atoms in total. The summed E-state index contributed by atoms with van der Waals surface area (Å²) in [7, 11) is 1.74. The normalized spacial score (nSPS) is 27.5. The van der Waals surface area contributed by atoms with Crippen LogP contribution in [0.1, 0.15) is 30.1 Å². The molecule has 4 heterocycles. The van der Waals surface area contributed by atoms with Crippen molar-refractivity contribution in [3.05, 3.63) is 84.6 Å². The molecule has 2 bridgehead atoms. The van der Waals surface area contributed by atoms with Crippen LogP contribution in [0, 0.1) is 11.8 Å². The lowest BCUT2D eigenvalue weighted by Gasteiger charge is -2.58. The Labute approximate surface area is 200 Å². The second-order valence-corrected chi connectivity index (χ2v) is 9.21. The van der Waals surface area contributed by atoms with Crippen LogP contribution in [0.15, 0.2) is 73.4 Å². The van der Waals surface area contributed by atoms with Gasteiger partial charge in [0.05, 0.1) is 25.7 Å². The second kappa shape index (κ2) is 9.34. The third kappa shape index (κ3) is 3.87. The maximum atomic E-state index is 11.8. The first kappa shape index (κ1) is 23.0. The fourth-order valence-corrected chi connectivity index (χ4v) is 6.14. The highest BCUT2D eigenvalue weighted by Gasteiger charge is 2.54. The number of fused-ring (bicyclic) bond motifs is 4. The predicted octanol–water partition coefficient (Wildman–Crippen LogP) is 1.89. The summed E-state index contributed by atoms with van der Waals surface area (Å²) < 4.78 is 6.56.